The zero-order valence-corrected chi connectivity index (χ0v) is 11.8. The van der Waals surface area contributed by atoms with Gasteiger partial charge in [0.2, 0.25) is 0 Å². The molecule has 2 rings (SSSR count). The van der Waals surface area contributed by atoms with Crippen molar-refractivity contribution in [2.75, 3.05) is 6.54 Å². The maximum absolute atomic E-state index is 4.62. The molecule has 0 aliphatic carbocycles. The van der Waals surface area contributed by atoms with Crippen LogP contribution in [0.5, 0.6) is 0 Å². The summed E-state index contributed by atoms with van der Waals surface area (Å²) in [7, 11) is 0. The van der Waals surface area contributed by atoms with Crippen molar-refractivity contribution in [3.8, 4) is 5.82 Å². The molecule has 0 aromatic carbocycles. The lowest BCUT2D eigenvalue weighted by Crippen LogP contribution is -2.20. The number of hydrogen-bond acceptors (Lipinski definition) is 4. The van der Waals surface area contributed by atoms with E-state index in [4.69, 9.17) is 0 Å². The van der Waals surface area contributed by atoms with Crippen LogP contribution in [0.4, 0.5) is 0 Å². The van der Waals surface area contributed by atoms with Crippen molar-refractivity contribution in [1.82, 2.24) is 24.8 Å². The van der Waals surface area contributed by atoms with Crippen molar-refractivity contribution in [2.45, 2.75) is 33.7 Å². The largest absolute Gasteiger partial charge is 0.311 e. The molecule has 0 unspecified atom stereocenters. The Bertz CT molecular complexity index is 518. The van der Waals surface area contributed by atoms with E-state index >= 15 is 0 Å². The number of aryl methyl sites for hydroxylation is 1. The molecule has 0 aliphatic heterocycles. The maximum atomic E-state index is 4.62. The molecular formula is C14H21N5. The molecule has 19 heavy (non-hydrogen) atoms. The van der Waals surface area contributed by atoms with Gasteiger partial charge in [0.05, 0.1) is 11.9 Å². The van der Waals surface area contributed by atoms with Crippen molar-refractivity contribution in [1.29, 1.82) is 0 Å². The van der Waals surface area contributed by atoms with Gasteiger partial charge in [-0.3, -0.25) is 9.55 Å². The fourth-order valence-corrected chi connectivity index (χ4v) is 1.89. The fraction of sp³-hybridized carbons (Fsp3) is 0.500. The van der Waals surface area contributed by atoms with E-state index in [-0.39, 0.29) is 0 Å². The summed E-state index contributed by atoms with van der Waals surface area (Å²) in [6, 6.07) is 0. The Labute approximate surface area is 114 Å². The van der Waals surface area contributed by atoms with Gasteiger partial charge >= 0.3 is 0 Å². The smallest absolute Gasteiger partial charge is 0.156 e. The molecule has 2 aromatic rings. The van der Waals surface area contributed by atoms with E-state index in [0.717, 1.165) is 36.8 Å². The SMILES string of the molecule is CCc1nccn1-c1cncc(CNCC(C)C)n1. The molecule has 0 saturated heterocycles. The minimum Gasteiger partial charge on any atom is -0.311 e. The standard InChI is InChI=1S/C14H21N5/c1-4-13-17-5-6-19(13)14-10-16-9-12(18-14)8-15-7-11(2)3/h5-6,9-11,15H,4,7-8H2,1-3H3. The monoisotopic (exact) mass is 259 g/mol. The van der Waals surface area contributed by atoms with Crippen LogP contribution in [0.25, 0.3) is 5.82 Å². The Morgan fingerprint density at radius 1 is 1.32 bits per heavy atom. The highest BCUT2D eigenvalue weighted by atomic mass is 15.1. The first kappa shape index (κ1) is 13.7. The van der Waals surface area contributed by atoms with Gasteiger partial charge in [0.1, 0.15) is 5.82 Å². The van der Waals surface area contributed by atoms with Crippen LogP contribution in [-0.4, -0.2) is 26.1 Å². The Morgan fingerprint density at radius 2 is 2.16 bits per heavy atom. The van der Waals surface area contributed by atoms with Crippen molar-refractivity contribution in [2.24, 2.45) is 5.92 Å². The molecule has 0 spiro atoms. The second-order valence-corrected chi connectivity index (χ2v) is 4.96. The van der Waals surface area contributed by atoms with Crippen molar-refractivity contribution in [3.63, 3.8) is 0 Å². The molecule has 0 amide bonds. The lowest BCUT2D eigenvalue weighted by atomic mass is 10.2. The molecule has 0 bridgehead atoms. The van der Waals surface area contributed by atoms with Gasteiger partial charge < -0.3 is 5.32 Å². The van der Waals surface area contributed by atoms with Crippen molar-refractivity contribution < 1.29 is 0 Å². The van der Waals surface area contributed by atoms with Gasteiger partial charge in [-0.2, -0.15) is 0 Å². The average molecular weight is 259 g/mol. The highest BCUT2D eigenvalue weighted by Crippen LogP contribution is 2.08. The summed E-state index contributed by atoms with van der Waals surface area (Å²) in [5.41, 5.74) is 0.953. The van der Waals surface area contributed by atoms with Gasteiger partial charge in [0, 0.05) is 31.6 Å². The molecule has 2 aromatic heterocycles. The molecule has 0 aliphatic rings. The molecule has 0 fully saturated rings. The molecule has 102 valence electrons. The summed E-state index contributed by atoms with van der Waals surface area (Å²) < 4.78 is 1.99. The van der Waals surface area contributed by atoms with E-state index in [2.05, 4.69) is 41.0 Å². The van der Waals surface area contributed by atoms with Gasteiger partial charge in [-0.1, -0.05) is 20.8 Å². The minimum absolute atomic E-state index is 0.636. The molecule has 2 heterocycles. The third-order valence-corrected chi connectivity index (χ3v) is 2.81. The molecule has 5 heteroatoms. The highest BCUT2D eigenvalue weighted by Gasteiger charge is 2.05. The quantitative estimate of drug-likeness (QED) is 0.861. The van der Waals surface area contributed by atoms with Crippen LogP contribution in [0, 0.1) is 5.92 Å². The van der Waals surface area contributed by atoms with Crippen LogP contribution in [0.15, 0.2) is 24.8 Å². The molecule has 0 radical (unpaired) electrons. The van der Waals surface area contributed by atoms with Crippen LogP contribution >= 0.6 is 0 Å². The fourth-order valence-electron chi connectivity index (χ4n) is 1.89. The first-order chi connectivity index (χ1) is 9.20. The summed E-state index contributed by atoms with van der Waals surface area (Å²) in [6.07, 6.45) is 8.18. The summed E-state index contributed by atoms with van der Waals surface area (Å²) in [5.74, 6) is 2.47. The minimum atomic E-state index is 0.636. The van der Waals surface area contributed by atoms with E-state index in [9.17, 15) is 0 Å². The van der Waals surface area contributed by atoms with Gasteiger partial charge in [-0.05, 0) is 12.5 Å². The van der Waals surface area contributed by atoms with E-state index in [1.807, 2.05) is 10.8 Å². The summed E-state index contributed by atoms with van der Waals surface area (Å²) in [5, 5.41) is 3.37. The Kier molecular flexibility index (Phi) is 4.63. The van der Waals surface area contributed by atoms with E-state index < -0.39 is 0 Å². The van der Waals surface area contributed by atoms with Gasteiger partial charge in [-0.15, -0.1) is 0 Å². The number of imidazole rings is 1. The summed E-state index contributed by atoms with van der Waals surface area (Å²) in [4.78, 5) is 13.2. The van der Waals surface area contributed by atoms with Crippen LogP contribution in [-0.2, 0) is 13.0 Å². The van der Waals surface area contributed by atoms with E-state index in [1.165, 1.54) is 0 Å². The Balaban J connectivity index is 2.11. The van der Waals surface area contributed by atoms with Crippen LogP contribution in [0.3, 0.4) is 0 Å². The summed E-state index contributed by atoms with van der Waals surface area (Å²) in [6.45, 7) is 8.19. The number of nitrogens with one attached hydrogen (secondary N) is 1. The lowest BCUT2D eigenvalue weighted by molar-refractivity contribution is 0.547. The highest BCUT2D eigenvalue weighted by molar-refractivity contribution is 5.22. The molecule has 1 N–H and O–H groups in total. The molecule has 0 saturated carbocycles. The van der Waals surface area contributed by atoms with Crippen LogP contribution in [0.2, 0.25) is 0 Å². The average Bonchev–Trinajstić information content (AvgIpc) is 2.87. The van der Waals surface area contributed by atoms with Crippen LogP contribution < -0.4 is 5.32 Å². The maximum Gasteiger partial charge on any atom is 0.156 e. The molecule has 0 atom stereocenters. The van der Waals surface area contributed by atoms with E-state index in [1.54, 1.807) is 18.6 Å². The van der Waals surface area contributed by atoms with Crippen LogP contribution in [0.1, 0.15) is 32.3 Å². The van der Waals surface area contributed by atoms with Gasteiger partial charge in [-0.25, -0.2) is 9.97 Å². The van der Waals surface area contributed by atoms with Gasteiger partial charge in [0.15, 0.2) is 5.82 Å². The van der Waals surface area contributed by atoms with E-state index in [0.29, 0.717) is 5.92 Å². The number of aromatic nitrogens is 4. The zero-order chi connectivity index (χ0) is 13.7. The van der Waals surface area contributed by atoms with Crippen molar-refractivity contribution in [3.05, 3.63) is 36.3 Å². The summed E-state index contributed by atoms with van der Waals surface area (Å²) >= 11 is 0. The predicted octanol–water partition coefficient (Wildman–Crippen LogP) is 1.97. The normalized spacial score (nSPS) is 11.2. The lowest BCUT2D eigenvalue weighted by Gasteiger charge is -2.09. The molecule has 5 nitrogen and oxygen atoms in total. The second kappa shape index (κ2) is 6.43. The zero-order valence-electron chi connectivity index (χ0n) is 11.8. The first-order valence-electron chi connectivity index (χ1n) is 6.75. The third-order valence-electron chi connectivity index (χ3n) is 2.81. The first-order valence-corrected chi connectivity index (χ1v) is 6.75. The Morgan fingerprint density at radius 3 is 2.89 bits per heavy atom. The molecular weight excluding hydrogens is 238 g/mol. The number of rotatable bonds is 6. The van der Waals surface area contributed by atoms with Gasteiger partial charge in [0.25, 0.3) is 0 Å². The number of nitrogens with zero attached hydrogens (tertiary/aromatic N) is 4. The number of hydrogen-bond donors (Lipinski definition) is 1. The predicted molar refractivity (Wildman–Crippen MR) is 75.1 cm³/mol. The Hall–Kier alpha value is -1.75. The topological polar surface area (TPSA) is 55.6 Å². The second-order valence-electron chi connectivity index (χ2n) is 4.96. The van der Waals surface area contributed by atoms with Crippen molar-refractivity contribution >= 4 is 0 Å². The third kappa shape index (κ3) is 3.61.